The number of hydrogen-bond acceptors (Lipinski definition) is 0. The quantitative estimate of drug-likeness (QED) is 0.508. The van der Waals surface area contributed by atoms with Gasteiger partial charge in [0.25, 0.3) is 0 Å². The molecule has 0 radical (unpaired) electrons. The van der Waals surface area contributed by atoms with Gasteiger partial charge >= 0.3 is 18.9 Å². The van der Waals surface area contributed by atoms with Crippen LogP contribution in [0.1, 0.15) is 0 Å². The van der Waals surface area contributed by atoms with Crippen LogP contribution in [0.2, 0.25) is 38.3 Å². The smallest absolute Gasteiger partial charge is 0.662 e. The van der Waals surface area contributed by atoms with Gasteiger partial charge in [0.1, 0.15) is 0 Å². The van der Waals surface area contributed by atoms with Crippen molar-refractivity contribution < 1.29 is 18.9 Å². The van der Waals surface area contributed by atoms with E-state index in [9.17, 15) is 0 Å². The Morgan fingerprint density at radius 2 is 1.69 bits per heavy atom. The molecule has 0 N–H and O–H groups in total. The Morgan fingerprint density at radius 1 is 1.15 bits per heavy atom. The Balaban J connectivity index is 0.00000144. The maximum Gasteiger partial charge on any atom is 1.00 e. The molecule has 4 heteroatoms. The fourth-order valence-electron chi connectivity index (χ4n) is 1.40. The third-order valence-corrected chi connectivity index (χ3v) is 9.58. The molecule has 0 saturated carbocycles. The summed E-state index contributed by atoms with van der Waals surface area (Å²) in [4.78, 5) is 4.81. The summed E-state index contributed by atoms with van der Waals surface area (Å²) in [6, 6.07) is 2.79. The SMILES string of the molecule is C=C1C[N-][Si](C)(C)CC[Si]1(C)C.[Li+]. The van der Waals surface area contributed by atoms with Gasteiger partial charge in [0.05, 0.1) is 8.07 Å². The predicted molar refractivity (Wildman–Crippen MR) is 61.9 cm³/mol. The topological polar surface area (TPSA) is 14.1 Å². The molecule has 0 bridgehead atoms. The summed E-state index contributed by atoms with van der Waals surface area (Å²) in [7, 11) is -2.26. The zero-order chi connectivity index (χ0) is 9.41. The van der Waals surface area contributed by atoms with Crippen molar-refractivity contribution >= 4 is 16.3 Å². The maximum absolute atomic E-state index is 4.81. The second-order valence-corrected chi connectivity index (χ2v) is 14.5. The summed E-state index contributed by atoms with van der Waals surface area (Å²) in [5.41, 5.74) is 0. The molecule has 1 heterocycles. The van der Waals surface area contributed by atoms with Crippen molar-refractivity contribution in [3.05, 3.63) is 16.8 Å². The third kappa shape index (κ3) is 3.77. The molecule has 0 aromatic rings. The fraction of sp³-hybridized carbons (Fsp3) is 0.778. The molecular formula is C9H20LiNSi2. The predicted octanol–water partition coefficient (Wildman–Crippen LogP) is 0.387. The molecule has 1 aliphatic rings. The van der Waals surface area contributed by atoms with Gasteiger partial charge in [-0.15, -0.1) is 18.3 Å². The van der Waals surface area contributed by atoms with Crippen LogP contribution in [0.3, 0.4) is 0 Å². The van der Waals surface area contributed by atoms with Crippen molar-refractivity contribution in [2.45, 2.75) is 38.3 Å². The minimum atomic E-state index is -1.17. The van der Waals surface area contributed by atoms with E-state index in [1.807, 2.05) is 0 Å². The maximum atomic E-state index is 4.81. The van der Waals surface area contributed by atoms with Gasteiger partial charge in [-0.3, -0.25) is 0 Å². The van der Waals surface area contributed by atoms with Crippen LogP contribution in [0.4, 0.5) is 0 Å². The normalized spacial score (nSPS) is 26.0. The minimum absolute atomic E-state index is 0. The van der Waals surface area contributed by atoms with Crippen LogP contribution >= 0.6 is 0 Å². The molecule has 13 heavy (non-hydrogen) atoms. The van der Waals surface area contributed by atoms with E-state index in [-0.39, 0.29) is 18.9 Å². The molecule has 1 aliphatic heterocycles. The van der Waals surface area contributed by atoms with Gasteiger partial charge in [0.15, 0.2) is 0 Å². The van der Waals surface area contributed by atoms with E-state index in [1.165, 1.54) is 17.3 Å². The summed E-state index contributed by atoms with van der Waals surface area (Å²) in [5, 5.41) is 1.46. The summed E-state index contributed by atoms with van der Waals surface area (Å²) in [6.07, 6.45) is 0. The van der Waals surface area contributed by atoms with E-state index in [4.69, 9.17) is 4.98 Å². The van der Waals surface area contributed by atoms with Crippen LogP contribution in [0, 0.1) is 0 Å². The molecule has 1 saturated heterocycles. The molecule has 0 atom stereocenters. The summed E-state index contributed by atoms with van der Waals surface area (Å²) in [6.45, 7) is 14.8. The largest absolute Gasteiger partial charge is 1.00 e. The first kappa shape index (κ1) is 13.7. The molecular weight excluding hydrogens is 185 g/mol. The van der Waals surface area contributed by atoms with E-state index < -0.39 is 16.3 Å². The van der Waals surface area contributed by atoms with Gasteiger partial charge < -0.3 is 4.98 Å². The van der Waals surface area contributed by atoms with Gasteiger partial charge in [-0.2, -0.15) is 0 Å². The summed E-state index contributed by atoms with van der Waals surface area (Å²) < 4.78 is 0. The van der Waals surface area contributed by atoms with Crippen molar-refractivity contribution in [1.82, 2.24) is 0 Å². The van der Waals surface area contributed by atoms with Crippen molar-refractivity contribution in [1.29, 1.82) is 0 Å². The van der Waals surface area contributed by atoms with Gasteiger partial charge in [-0.25, -0.2) is 0 Å². The number of hydrogen-bond donors (Lipinski definition) is 0. The summed E-state index contributed by atoms with van der Waals surface area (Å²) >= 11 is 0. The molecule has 1 nitrogen and oxygen atoms in total. The van der Waals surface area contributed by atoms with Crippen molar-refractivity contribution in [2.24, 2.45) is 0 Å². The average Bonchev–Trinajstić information content (AvgIpc) is 2.03. The van der Waals surface area contributed by atoms with Crippen LogP contribution < -0.4 is 18.9 Å². The molecule has 1 fully saturated rings. The summed E-state index contributed by atoms with van der Waals surface area (Å²) in [5.74, 6) is 0. The monoisotopic (exact) mass is 205 g/mol. The molecule has 1 rings (SSSR count). The average molecular weight is 205 g/mol. The number of nitrogens with zero attached hydrogens (tertiary/aromatic N) is 1. The Labute approximate surface area is 96.7 Å². The Morgan fingerprint density at radius 3 is 2.23 bits per heavy atom. The van der Waals surface area contributed by atoms with Gasteiger partial charge in [-0.1, -0.05) is 46.5 Å². The van der Waals surface area contributed by atoms with E-state index in [0.29, 0.717) is 0 Å². The number of rotatable bonds is 0. The molecule has 0 amide bonds. The van der Waals surface area contributed by atoms with E-state index in [2.05, 4.69) is 32.8 Å². The van der Waals surface area contributed by atoms with Crippen molar-refractivity contribution in [2.75, 3.05) is 6.54 Å². The second kappa shape index (κ2) is 4.50. The molecule has 70 valence electrons. The van der Waals surface area contributed by atoms with E-state index in [0.717, 1.165) is 6.54 Å². The van der Waals surface area contributed by atoms with Crippen LogP contribution in [0.5, 0.6) is 0 Å². The second-order valence-electron chi connectivity index (χ2n) is 5.12. The first-order chi connectivity index (χ1) is 5.33. The van der Waals surface area contributed by atoms with E-state index in [1.54, 1.807) is 0 Å². The van der Waals surface area contributed by atoms with Crippen LogP contribution in [0.15, 0.2) is 11.8 Å². The molecule has 0 unspecified atom stereocenters. The molecule has 0 aliphatic carbocycles. The Kier molecular flexibility index (Phi) is 4.75. The zero-order valence-electron chi connectivity index (χ0n) is 9.78. The molecule has 0 aromatic heterocycles. The standard InChI is InChI=1S/C9H20NSi2.Li/c1-9-8-10-12(4,5)7-6-11(9,2)3;/h1,6-8H2,2-5H3;/q-1;+1. The minimum Gasteiger partial charge on any atom is -0.662 e. The van der Waals surface area contributed by atoms with Crippen LogP contribution in [0.25, 0.3) is 4.98 Å². The fourth-order valence-corrected chi connectivity index (χ4v) is 8.14. The Hall–Kier alpha value is 0.731. The first-order valence-electron chi connectivity index (χ1n) is 4.70. The van der Waals surface area contributed by atoms with Gasteiger partial charge in [-0.05, 0) is 0 Å². The molecule has 0 spiro atoms. The first-order valence-corrected chi connectivity index (χ1v) is 11.1. The zero-order valence-corrected chi connectivity index (χ0v) is 11.8. The van der Waals surface area contributed by atoms with Crippen LogP contribution in [-0.2, 0) is 0 Å². The molecule has 0 aromatic carbocycles. The Bertz CT molecular complexity index is 202. The van der Waals surface area contributed by atoms with Gasteiger partial charge in [0.2, 0.25) is 0 Å². The van der Waals surface area contributed by atoms with E-state index >= 15 is 0 Å². The third-order valence-electron chi connectivity index (χ3n) is 3.02. The van der Waals surface area contributed by atoms with Crippen LogP contribution in [-0.4, -0.2) is 22.9 Å². The van der Waals surface area contributed by atoms with Gasteiger partial charge in [0, 0.05) is 0 Å². The van der Waals surface area contributed by atoms with Crippen molar-refractivity contribution in [3.63, 3.8) is 0 Å². The van der Waals surface area contributed by atoms with Crippen molar-refractivity contribution in [3.8, 4) is 0 Å².